The van der Waals surface area contributed by atoms with Crippen molar-refractivity contribution in [1.82, 2.24) is 0 Å². The van der Waals surface area contributed by atoms with E-state index in [4.69, 9.17) is 30.5 Å². The number of hydrogen-bond donors (Lipinski definition) is 0. The summed E-state index contributed by atoms with van der Waals surface area (Å²) in [5.74, 6) is 1.08. The second kappa shape index (κ2) is 7.49. The highest BCUT2D eigenvalue weighted by Crippen LogP contribution is 2.33. The minimum atomic E-state index is -0.570. The fraction of sp³-hybridized carbons (Fsp3) is 0.158. The monoisotopic (exact) mass is 373 g/mol. The number of aliphatic imine (C=N–C) groups is 1. The summed E-state index contributed by atoms with van der Waals surface area (Å²) in [5, 5.41) is 0.434. The van der Waals surface area contributed by atoms with E-state index in [1.54, 1.807) is 42.5 Å². The Balaban J connectivity index is 2.01. The molecule has 0 atom stereocenters. The first-order valence-electron chi connectivity index (χ1n) is 7.65. The van der Waals surface area contributed by atoms with E-state index in [-0.39, 0.29) is 11.6 Å². The normalized spacial score (nSPS) is 14.8. The largest absolute Gasteiger partial charge is 0.496 e. The van der Waals surface area contributed by atoms with Gasteiger partial charge in [0.05, 0.1) is 26.4 Å². The molecule has 2 aromatic rings. The quantitative estimate of drug-likeness (QED) is 0.590. The molecule has 1 heterocycles. The second-order valence-corrected chi connectivity index (χ2v) is 5.67. The number of esters is 1. The summed E-state index contributed by atoms with van der Waals surface area (Å²) < 4.78 is 21.1. The number of rotatable bonds is 5. The van der Waals surface area contributed by atoms with Crippen LogP contribution in [0.15, 0.2) is 47.1 Å². The van der Waals surface area contributed by atoms with Crippen LogP contribution in [0.25, 0.3) is 6.08 Å². The van der Waals surface area contributed by atoms with E-state index in [0.717, 1.165) is 0 Å². The van der Waals surface area contributed by atoms with Crippen LogP contribution in [0, 0.1) is 0 Å². The summed E-state index contributed by atoms with van der Waals surface area (Å²) in [5.41, 5.74) is 1.32. The highest BCUT2D eigenvalue weighted by Gasteiger charge is 2.28. The Bertz CT molecular complexity index is 898. The van der Waals surface area contributed by atoms with Crippen molar-refractivity contribution in [3.8, 4) is 17.2 Å². The molecule has 0 aromatic heterocycles. The molecule has 0 N–H and O–H groups in total. The van der Waals surface area contributed by atoms with Crippen LogP contribution < -0.4 is 14.2 Å². The number of methoxy groups -OCH3 is 3. The molecule has 3 rings (SSSR count). The average Bonchev–Trinajstić information content (AvgIpc) is 3.01. The number of benzene rings is 2. The van der Waals surface area contributed by atoms with Gasteiger partial charge in [0, 0.05) is 0 Å². The predicted molar refractivity (Wildman–Crippen MR) is 98.2 cm³/mol. The lowest BCUT2D eigenvalue weighted by molar-refractivity contribution is -0.129. The van der Waals surface area contributed by atoms with Crippen molar-refractivity contribution in [1.29, 1.82) is 0 Å². The highest BCUT2D eigenvalue weighted by molar-refractivity contribution is 6.32. The Morgan fingerprint density at radius 2 is 1.65 bits per heavy atom. The Morgan fingerprint density at radius 1 is 1.00 bits per heavy atom. The molecule has 7 heteroatoms. The zero-order valence-corrected chi connectivity index (χ0v) is 15.2. The van der Waals surface area contributed by atoms with Crippen LogP contribution in [-0.2, 0) is 9.53 Å². The maximum atomic E-state index is 12.2. The molecule has 0 aliphatic carbocycles. The van der Waals surface area contributed by atoms with Crippen LogP contribution >= 0.6 is 11.6 Å². The molecule has 26 heavy (non-hydrogen) atoms. The fourth-order valence-electron chi connectivity index (χ4n) is 2.51. The van der Waals surface area contributed by atoms with Crippen LogP contribution in [0.4, 0.5) is 0 Å². The Morgan fingerprint density at radius 3 is 2.23 bits per heavy atom. The molecule has 0 amide bonds. The average molecular weight is 374 g/mol. The first-order valence-corrected chi connectivity index (χ1v) is 8.02. The standard InChI is InChI=1S/C19H16ClNO5/c1-23-14-8-7-11(9-12(14)20)10-13-19(22)26-18(21-13)17-15(24-2)5-4-6-16(17)25-3/h4-10H,1-3H3/b13-10+. The molecule has 0 saturated carbocycles. The van der Waals surface area contributed by atoms with E-state index in [9.17, 15) is 4.79 Å². The van der Waals surface area contributed by atoms with E-state index >= 15 is 0 Å². The third-order valence-electron chi connectivity index (χ3n) is 3.74. The van der Waals surface area contributed by atoms with E-state index in [2.05, 4.69) is 4.99 Å². The first kappa shape index (κ1) is 17.8. The SMILES string of the molecule is COc1ccc(/C=C2/N=C(c3c(OC)cccc3OC)OC2=O)cc1Cl. The zero-order valence-electron chi connectivity index (χ0n) is 14.4. The van der Waals surface area contributed by atoms with Gasteiger partial charge in [0.25, 0.3) is 0 Å². The molecule has 0 unspecified atom stereocenters. The van der Waals surface area contributed by atoms with Gasteiger partial charge in [-0.3, -0.25) is 0 Å². The summed E-state index contributed by atoms with van der Waals surface area (Å²) in [6.07, 6.45) is 1.59. The smallest absolute Gasteiger partial charge is 0.363 e. The van der Waals surface area contributed by atoms with Crippen molar-refractivity contribution >= 4 is 29.5 Å². The summed E-state index contributed by atoms with van der Waals surface area (Å²) >= 11 is 6.12. The number of carbonyl (C=O) groups excluding carboxylic acids is 1. The van der Waals surface area contributed by atoms with Gasteiger partial charge in [-0.25, -0.2) is 9.79 Å². The fourth-order valence-corrected chi connectivity index (χ4v) is 2.77. The summed E-state index contributed by atoms with van der Waals surface area (Å²) in [6.45, 7) is 0. The lowest BCUT2D eigenvalue weighted by atomic mass is 10.1. The first-order chi connectivity index (χ1) is 12.6. The second-order valence-electron chi connectivity index (χ2n) is 5.27. The number of halogens is 1. The number of nitrogens with zero attached hydrogens (tertiary/aromatic N) is 1. The maximum absolute atomic E-state index is 12.2. The molecule has 0 saturated heterocycles. The van der Waals surface area contributed by atoms with Gasteiger partial charge in [-0.15, -0.1) is 0 Å². The molecule has 1 aliphatic rings. The minimum Gasteiger partial charge on any atom is -0.496 e. The Kier molecular flexibility index (Phi) is 5.14. The zero-order chi connectivity index (χ0) is 18.7. The summed E-state index contributed by atoms with van der Waals surface area (Å²) in [4.78, 5) is 16.5. The third kappa shape index (κ3) is 3.36. The van der Waals surface area contributed by atoms with Crippen molar-refractivity contribution in [2.24, 2.45) is 4.99 Å². The predicted octanol–water partition coefficient (Wildman–Crippen LogP) is 3.71. The van der Waals surface area contributed by atoms with Gasteiger partial charge in [-0.1, -0.05) is 23.7 Å². The van der Waals surface area contributed by atoms with Gasteiger partial charge in [0.15, 0.2) is 5.70 Å². The molecule has 134 valence electrons. The Labute approximate surface area is 155 Å². The van der Waals surface area contributed by atoms with E-state index in [1.165, 1.54) is 21.3 Å². The van der Waals surface area contributed by atoms with Crippen LogP contribution in [-0.4, -0.2) is 33.2 Å². The molecular formula is C19H16ClNO5. The number of cyclic esters (lactones) is 1. The van der Waals surface area contributed by atoms with Crippen molar-refractivity contribution in [3.63, 3.8) is 0 Å². The van der Waals surface area contributed by atoms with Crippen LogP contribution in [0.1, 0.15) is 11.1 Å². The molecule has 0 spiro atoms. The topological polar surface area (TPSA) is 66.3 Å². The van der Waals surface area contributed by atoms with Crippen molar-refractivity contribution in [2.45, 2.75) is 0 Å². The number of ether oxygens (including phenoxy) is 4. The molecule has 0 bridgehead atoms. The van der Waals surface area contributed by atoms with Gasteiger partial charge in [-0.2, -0.15) is 0 Å². The number of hydrogen-bond acceptors (Lipinski definition) is 6. The molecule has 2 aromatic carbocycles. The lowest BCUT2D eigenvalue weighted by Gasteiger charge is -2.11. The third-order valence-corrected chi connectivity index (χ3v) is 4.04. The molecule has 1 aliphatic heterocycles. The Hall–Kier alpha value is -2.99. The maximum Gasteiger partial charge on any atom is 0.363 e. The van der Waals surface area contributed by atoms with Gasteiger partial charge in [-0.05, 0) is 35.9 Å². The van der Waals surface area contributed by atoms with Crippen molar-refractivity contribution < 1.29 is 23.7 Å². The van der Waals surface area contributed by atoms with E-state index < -0.39 is 5.97 Å². The van der Waals surface area contributed by atoms with E-state index in [1.807, 2.05) is 0 Å². The van der Waals surface area contributed by atoms with Crippen LogP contribution in [0.3, 0.4) is 0 Å². The summed E-state index contributed by atoms with van der Waals surface area (Å²) in [6, 6.07) is 10.4. The minimum absolute atomic E-state index is 0.121. The van der Waals surface area contributed by atoms with Gasteiger partial charge >= 0.3 is 5.97 Å². The number of carbonyl (C=O) groups is 1. The van der Waals surface area contributed by atoms with Gasteiger partial charge in [0.2, 0.25) is 5.90 Å². The van der Waals surface area contributed by atoms with Gasteiger partial charge < -0.3 is 18.9 Å². The molecular weight excluding hydrogens is 358 g/mol. The van der Waals surface area contributed by atoms with Crippen LogP contribution in [0.2, 0.25) is 5.02 Å². The van der Waals surface area contributed by atoms with Crippen LogP contribution in [0.5, 0.6) is 17.2 Å². The summed E-state index contributed by atoms with van der Waals surface area (Å²) in [7, 11) is 4.57. The molecule has 0 fully saturated rings. The molecule has 6 nitrogen and oxygen atoms in total. The lowest BCUT2D eigenvalue weighted by Crippen LogP contribution is -2.08. The van der Waals surface area contributed by atoms with Gasteiger partial charge in [0.1, 0.15) is 22.8 Å². The van der Waals surface area contributed by atoms with Crippen molar-refractivity contribution in [3.05, 3.63) is 58.2 Å². The van der Waals surface area contributed by atoms with E-state index in [0.29, 0.717) is 33.4 Å². The van der Waals surface area contributed by atoms with Crippen molar-refractivity contribution in [2.75, 3.05) is 21.3 Å². The highest BCUT2D eigenvalue weighted by atomic mass is 35.5. The molecule has 0 radical (unpaired) electrons.